The molecule has 1 aromatic heterocycles. The zero-order valence-corrected chi connectivity index (χ0v) is 15.6. The molecule has 1 saturated heterocycles. The van der Waals surface area contributed by atoms with E-state index in [2.05, 4.69) is 5.32 Å². The minimum atomic E-state index is -0.160. The summed E-state index contributed by atoms with van der Waals surface area (Å²) in [7, 11) is 0. The van der Waals surface area contributed by atoms with E-state index in [1.807, 2.05) is 24.4 Å². The quantitative estimate of drug-likeness (QED) is 0.872. The maximum absolute atomic E-state index is 12.6. The van der Waals surface area contributed by atoms with Crippen LogP contribution in [0.15, 0.2) is 41.8 Å². The molecule has 25 heavy (non-hydrogen) atoms. The molecule has 1 aliphatic rings. The fourth-order valence-corrected chi connectivity index (χ4v) is 3.95. The van der Waals surface area contributed by atoms with Crippen LogP contribution in [0.5, 0.6) is 0 Å². The number of nitrogens with zero attached hydrogens (tertiary/aromatic N) is 1. The second kappa shape index (κ2) is 8.02. The van der Waals surface area contributed by atoms with E-state index in [9.17, 15) is 9.59 Å². The zero-order chi connectivity index (χ0) is 17.8. The summed E-state index contributed by atoms with van der Waals surface area (Å²) in [5.41, 5.74) is 0.609. The smallest absolute Gasteiger partial charge is 0.253 e. The Morgan fingerprint density at radius 2 is 2.04 bits per heavy atom. The van der Waals surface area contributed by atoms with E-state index in [1.165, 1.54) is 0 Å². The fourth-order valence-electron chi connectivity index (χ4n) is 3.09. The van der Waals surface area contributed by atoms with Crippen molar-refractivity contribution in [1.82, 2.24) is 10.2 Å². The number of nitrogens with one attached hydrogen (secondary N) is 1. The molecule has 2 aromatic rings. The molecule has 2 atom stereocenters. The first kappa shape index (κ1) is 18.0. The third kappa shape index (κ3) is 4.41. The molecule has 0 radical (unpaired) electrons. The van der Waals surface area contributed by atoms with Gasteiger partial charge in [-0.1, -0.05) is 17.7 Å². The van der Waals surface area contributed by atoms with Gasteiger partial charge in [0.2, 0.25) is 5.91 Å². The molecule has 0 spiro atoms. The first-order chi connectivity index (χ1) is 12.0. The van der Waals surface area contributed by atoms with Gasteiger partial charge in [0.15, 0.2) is 0 Å². The van der Waals surface area contributed by atoms with Crippen molar-refractivity contribution in [2.45, 2.75) is 25.8 Å². The topological polar surface area (TPSA) is 49.4 Å². The molecule has 1 aromatic carbocycles. The standard InChI is InChI=1S/C19H21ClN2O2S/c1-13(17-5-3-11-25-17)21-18(23)15-4-2-10-22(12-15)19(24)14-6-8-16(20)9-7-14/h3,5-9,11,13,15H,2,4,10,12H2,1H3,(H,21,23)/t13-,15+/m0/s1. The Labute approximate surface area is 156 Å². The summed E-state index contributed by atoms with van der Waals surface area (Å²) >= 11 is 7.51. The van der Waals surface area contributed by atoms with Crippen LogP contribution in [0.3, 0.4) is 0 Å². The lowest BCUT2D eigenvalue weighted by atomic mass is 9.96. The highest BCUT2D eigenvalue weighted by Gasteiger charge is 2.29. The van der Waals surface area contributed by atoms with Gasteiger partial charge >= 0.3 is 0 Å². The van der Waals surface area contributed by atoms with Crippen molar-refractivity contribution >= 4 is 34.8 Å². The lowest BCUT2D eigenvalue weighted by Gasteiger charge is -2.32. The number of carbonyl (C=O) groups excluding carboxylic acids is 2. The average Bonchev–Trinajstić information content (AvgIpc) is 3.16. The summed E-state index contributed by atoms with van der Waals surface area (Å²) in [6.45, 7) is 3.14. The van der Waals surface area contributed by atoms with Gasteiger partial charge in [-0.15, -0.1) is 11.3 Å². The first-order valence-electron chi connectivity index (χ1n) is 8.43. The van der Waals surface area contributed by atoms with Crippen LogP contribution in [0.4, 0.5) is 0 Å². The van der Waals surface area contributed by atoms with Crippen LogP contribution in [0.2, 0.25) is 5.02 Å². The van der Waals surface area contributed by atoms with Crippen molar-refractivity contribution in [3.63, 3.8) is 0 Å². The van der Waals surface area contributed by atoms with Gasteiger partial charge < -0.3 is 10.2 Å². The van der Waals surface area contributed by atoms with Gasteiger partial charge in [0, 0.05) is 28.6 Å². The van der Waals surface area contributed by atoms with E-state index in [-0.39, 0.29) is 23.8 Å². The Balaban J connectivity index is 1.61. The highest BCUT2D eigenvalue weighted by molar-refractivity contribution is 7.10. The van der Waals surface area contributed by atoms with Crippen LogP contribution >= 0.6 is 22.9 Å². The highest BCUT2D eigenvalue weighted by Crippen LogP contribution is 2.22. The van der Waals surface area contributed by atoms with Crippen molar-refractivity contribution in [1.29, 1.82) is 0 Å². The Hall–Kier alpha value is -1.85. The first-order valence-corrected chi connectivity index (χ1v) is 9.69. The third-order valence-electron chi connectivity index (χ3n) is 4.50. The Morgan fingerprint density at radius 1 is 1.28 bits per heavy atom. The number of likely N-dealkylation sites (tertiary alicyclic amines) is 1. The molecule has 2 heterocycles. The van der Waals surface area contributed by atoms with Crippen molar-refractivity contribution in [2.24, 2.45) is 5.92 Å². The van der Waals surface area contributed by atoms with E-state index in [1.54, 1.807) is 40.5 Å². The second-order valence-corrected chi connectivity index (χ2v) is 7.76. The van der Waals surface area contributed by atoms with E-state index in [0.717, 1.165) is 17.7 Å². The number of amides is 2. The van der Waals surface area contributed by atoms with Crippen molar-refractivity contribution in [3.8, 4) is 0 Å². The monoisotopic (exact) mass is 376 g/mol. The molecule has 1 N–H and O–H groups in total. The maximum Gasteiger partial charge on any atom is 0.253 e. The number of benzene rings is 1. The largest absolute Gasteiger partial charge is 0.348 e. The van der Waals surface area contributed by atoms with Crippen LogP contribution in [0, 0.1) is 5.92 Å². The summed E-state index contributed by atoms with van der Waals surface area (Å²) in [5.74, 6) is -0.178. The zero-order valence-electron chi connectivity index (χ0n) is 14.1. The summed E-state index contributed by atoms with van der Waals surface area (Å²) in [6, 6.07) is 10.9. The van der Waals surface area contributed by atoms with Crippen LogP contribution in [-0.4, -0.2) is 29.8 Å². The van der Waals surface area contributed by atoms with Crippen LogP contribution in [0.25, 0.3) is 0 Å². The molecule has 3 rings (SSSR count). The van der Waals surface area contributed by atoms with Crippen molar-refractivity contribution in [3.05, 3.63) is 57.2 Å². The third-order valence-corrected chi connectivity index (χ3v) is 5.81. The molecule has 0 saturated carbocycles. The predicted molar refractivity (Wildman–Crippen MR) is 101 cm³/mol. The van der Waals surface area contributed by atoms with Crippen LogP contribution < -0.4 is 5.32 Å². The van der Waals surface area contributed by atoms with Gasteiger partial charge in [-0.2, -0.15) is 0 Å². The van der Waals surface area contributed by atoms with E-state index in [4.69, 9.17) is 11.6 Å². The predicted octanol–water partition coefficient (Wildman–Crippen LogP) is 4.13. The molecule has 1 fully saturated rings. The van der Waals surface area contributed by atoms with E-state index < -0.39 is 0 Å². The summed E-state index contributed by atoms with van der Waals surface area (Å²) in [5, 5.41) is 5.69. The average molecular weight is 377 g/mol. The molecular weight excluding hydrogens is 356 g/mol. The summed E-state index contributed by atoms with van der Waals surface area (Å²) < 4.78 is 0. The van der Waals surface area contributed by atoms with Gasteiger partial charge in [-0.05, 0) is 55.5 Å². The number of thiophene rings is 1. The normalized spacial score (nSPS) is 18.6. The number of piperidine rings is 1. The van der Waals surface area contributed by atoms with Gasteiger partial charge in [0.25, 0.3) is 5.91 Å². The number of hydrogen-bond acceptors (Lipinski definition) is 3. The molecule has 6 heteroatoms. The SMILES string of the molecule is C[C@H](NC(=O)[C@@H]1CCCN(C(=O)c2ccc(Cl)cc2)C1)c1cccs1. The summed E-state index contributed by atoms with van der Waals surface area (Å²) in [4.78, 5) is 28.1. The number of carbonyl (C=O) groups is 2. The van der Waals surface area contributed by atoms with E-state index in [0.29, 0.717) is 23.7 Å². The number of hydrogen-bond donors (Lipinski definition) is 1. The van der Waals surface area contributed by atoms with Crippen molar-refractivity contribution in [2.75, 3.05) is 13.1 Å². The van der Waals surface area contributed by atoms with Gasteiger partial charge in [-0.25, -0.2) is 0 Å². The lowest BCUT2D eigenvalue weighted by molar-refractivity contribution is -0.127. The molecule has 1 aliphatic heterocycles. The van der Waals surface area contributed by atoms with Gasteiger partial charge in [0.1, 0.15) is 0 Å². The lowest BCUT2D eigenvalue weighted by Crippen LogP contribution is -2.45. The highest BCUT2D eigenvalue weighted by atomic mass is 35.5. The minimum absolute atomic E-state index is 0.00477. The Bertz CT molecular complexity index is 730. The van der Waals surface area contributed by atoms with Gasteiger partial charge in [-0.3, -0.25) is 9.59 Å². The molecule has 0 unspecified atom stereocenters. The maximum atomic E-state index is 12.6. The molecule has 4 nitrogen and oxygen atoms in total. The summed E-state index contributed by atoms with van der Waals surface area (Å²) in [6.07, 6.45) is 1.65. The minimum Gasteiger partial charge on any atom is -0.348 e. The number of rotatable bonds is 4. The second-order valence-electron chi connectivity index (χ2n) is 6.34. The molecule has 132 valence electrons. The fraction of sp³-hybridized carbons (Fsp3) is 0.368. The molecule has 0 aliphatic carbocycles. The molecule has 2 amide bonds. The van der Waals surface area contributed by atoms with Gasteiger partial charge in [0.05, 0.1) is 12.0 Å². The Morgan fingerprint density at radius 3 is 2.72 bits per heavy atom. The molecular formula is C19H21ClN2O2S. The molecule has 0 bridgehead atoms. The van der Waals surface area contributed by atoms with Crippen LogP contribution in [0.1, 0.15) is 41.0 Å². The van der Waals surface area contributed by atoms with Crippen molar-refractivity contribution < 1.29 is 9.59 Å². The Kier molecular flexibility index (Phi) is 5.76. The van der Waals surface area contributed by atoms with E-state index >= 15 is 0 Å². The van der Waals surface area contributed by atoms with Crippen LogP contribution in [-0.2, 0) is 4.79 Å². The number of halogens is 1.